The van der Waals surface area contributed by atoms with Crippen LogP contribution in [-0.4, -0.2) is 48.7 Å². The number of urea groups is 2. The molecule has 10 nitrogen and oxygen atoms in total. The Hall–Kier alpha value is -3.92. The molecule has 0 bridgehead atoms. The molecule has 0 aliphatic carbocycles. The number of amides is 6. The van der Waals surface area contributed by atoms with E-state index in [4.69, 9.17) is 4.74 Å². The van der Waals surface area contributed by atoms with Gasteiger partial charge in [0.2, 0.25) is 11.8 Å². The fourth-order valence-electron chi connectivity index (χ4n) is 5.34. The molecule has 5 rings (SSSR count). The molecule has 34 heavy (non-hydrogen) atoms. The Labute approximate surface area is 196 Å². The summed E-state index contributed by atoms with van der Waals surface area (Å²) in [7, 11) is 0. The quantitative estimate of drug-likeness (QED) is 0.506. The predicted octanol–water partition coefficient (Wildman–Crippen LogP) is 2.22. The first kappa shape index (κ1) is 21.9. The number of hydrogen-bond acceptors (Lipinski definition) is 6. The van der Waals surface area contributed by atoms with Gasteiger partial charge in [0, 0.05) is 23.6 Å². The van der Waals surface area contributed by atoms with Crippen LogP contribution in [0.15, 0.2) is 48.5 Å². The van der Waals surface area contributed by atoms with Gasteiger partial charge >= 0.3 is 12.1 Å². The molecule has 3 heterocycles. The molecule has 6 amide bonds. The maximum absolute atomic E-state index is 13.2. The topological polar surface area (TPSA) is 129 Å². The maximum atomic E-state index is 13.2. The summed E-state index contributed by atoms with van der Waals surface area (Å²) in [5, 5.41) is 10.1. The summed E-state index contributed by atoms with van der Waals surface area (Å²) in [5.74, 6) is -1.29. The number of nitrogens with zero attached hydrogens (tertiary/aromatic N) is 1. The number of fused-ring (bicyclic) bond motifs is 4. The number of carbonyl (C=O) groups excluding carboxylic acids is 4. The van der Waals surface area contributed by atoms with E-state index in [0.29, 0.717) is 17.9 Å². The third kappa shape index (κ3) is 3.56. The van der Waals surface area contributed by atoms with Crippen molar-refractivity contribution in [2.45, 2.75) is 38.5 Å². The zero-order valence-electron chi connectivity index (χ0n) is 18.8. The van der Waals surface area contributed by atoms with Crippen molar-refractivity contribution in [3.8, 4) is 0 Å². The van der Waals surface area contributed by atoms with E-state index in [-0.39, 0.29) is 12.5 Å². The predicted molar refractivity (Wildman–Crippen MR) is 124 cm³/mol. The molecule has 2 aromatic rings. The van der Waals surface area contributed by atoms with Crippen molar-refractivity contribution >= 4 is 40.9 Å². The molecule has 176 valence electrons. The number of morpholine rings is 1. The summed E-state index contributed by atoms with van der Waals surface area (Å²) in [6, 6.07) is 12.6. The van der Waals surface area contributed by atoms with Gasteiger partial charge < -0.3 is 20.3 Å². The Balaban J connectivity index is 1.50. The van der Waals surface area contributed by atoms with Crippen LogP contribution in [0.25, 0.3) is 0 Å². The molecule has 0 unspecified atom stereocenters. The first-order valence-corrected chi connectivity index (χ1v) is 11.1. The van der Waals surface area contributed by atoms with Crippen molar-refractivity contribution in [3.63, 3.8) is 0 Å². The third-order valence-electron chi connectivity index (χ3n) is 6.60. The molecular weight excluding hydrogens is 438 g/mol. The number of imide groups is 2. The van der Waals surface area contributed by atoms with Crippen LogP contribution in [0, 0.1) is 5.41 Å². The van der Waals surface area contributed by atoms with Crippen molar-refractivity contribution < 1.29 is 23.9 Å². The smallest absolute Gasteiger partial charge is 0.328 e. The summed E-state index contributed by atoms with van der Waals surface area (Å²) in [6.45, 7) is 4.24. The van der Waals surface area contributed by atoms with Gasteiger partial charge in [-0.2, -0.15) is 0 Å². The molecule has 2 saturated heterocycles. The number of rotatable bonds is 2. The average Bonchev–Trinajstić information content (AvgIpc) is 2.77. The molecule has 3 aliphatic rings. The molecule has 10 heteroatoms. The highest BCUT2D eigenvalue weighted by molar-refractivity contribution is 6.20. The van der Waals surface area contributed by atoms with E-state index >= 15 is 0 Å². The maximum Gasteiger partial charge on any atom is 0.328 e. The van der Waals surface area contributed by atoms with Crippen molar-refractivity contribution in [1.82, 2.24) is 10.6 Å². The molecule has 3 aliphatic heterocycles. The second kappa shape index (κ2) is 8.14. The second-order valence-electron chi connectivity index (χ2n) is 8.92. The Bertz CT molecular complexity index is 1160. The lowest BCUT2D eigenvalue weighted by Gasteiger charge is -2.55. The molecule has 0 saturated carbocycles. The van der Waals surface area contributed by atoms with Crippen molar-refractivity contribution in [3.05, 3.63) is 54.1 Å². The Morgan fingerprint density at radius 3 is 2.38 bits per heavy atom. The van der Waals surface area contributed by atoms with E-state index in [1.54, 1.807) is 24.3 Å². The van der Waals surface area contributed by atoms with Crippen LogP contribution in [-0.2, 0) is 20.7 Å². The van der Waals surface area contributed by atoms with Gasteiger partial charge in [0.15, 0.2) is 5.41 Å². The number of barbiturate groups is 1. The molecule has 1 spiro atoms. The molecule has 2 fully saturated rings. The van der Waals surface area contributed by atoms with E-state index in [2.05, 4.69) is 21.3 Å². The fraction of sp³-hybridized carbons (Fsp3) is 0.333. The Morgan fingerprint density at radius 1 is 1.00 bits per heavy atom. The van der Waals surface area contributed by atoms with E-state index < -0.39 is 41.4 Å². The Morgan fingerprint density at radius 2 is 1.68 bits per heavy atom. The summed E-state index contributed by atoms with van der Waals surface area (Å²) in [6.07, 6.45) is -0.497. The second-order valence-corrected chi connectivity index (χ2v) is 8.92. The van der Waals surface area contributed by atoms with Gasteiger partial charge in [-0.05, 0) is 56.2 Å². The van der Waals surface area contributed by atoms with E-state index in [1.165, 1.54) is 0 Å². The zero-order valence-corrected chi connectivity index (χ0v) is 18.8. The van der Waals surface area contributed by atoms with Crippen molar-refractivity contribution in [2.24, 2.45) is 5.41 Å². The number of hydrogen-bond donors (Lipinski definition) is 4. The SMILES string of the molecule is C[C@@H]1CN2c3ccc(NC(=O)Nc4ccccc4)cc3CC3(C(=O)NC(=O)NC3=O)[C@H]2[C@H](C)O1. The van der Waals surface area contributed by atoms with Gasteiger partial charge in [0.1, 0.15) is 0 Å². The first-order chi connectivity index (χ1) is 16.3. The molecule has 3 atom stereocenters. The van der Waals surface area contributed by atoms with Crippen molar-refractivity contribution in [1.29, 1.82) is 0 Å². The van der Waals surface area contributed by atoms with Crippen LogP contribution >= 0.6 is 0 Å². The van der Waals surface area contributed by atoms with Gasteiger partial charge in [-0.3, -0.25) is 20.2 Å². The minimum atomic E-state index is -1.55. The largest absolute Gasteiger partial charge is 0.372 e. The number of anilines is 3. The number of nitrogens with one attached hydrogen (secondary N) is 4. The lowest BCUT2D eigenvalue weighted by Crippen LogP contribution is -2.75. The lowest BCUT2D eigenvalue weighted by molar-refractivity contribution is -0.153. The molecule has 2 aromatic carbocycles. The lowest BCUT2D eigenvalue weighted by atomic mass is 9.66. The standard InChI is InChI=1S/C24H25N5O5/c1-13-12-29-18-9-8-17(26-22(32)25-16-6-4-3-5-7-16)10-15(18)11-24(19(29)14(2)34-13)20(30)27-23(33)28-21(24)31/h3-10,13-14,19H,11-12H2,1-2H3,(H2,25,26,32)(H2,27,28,30,31,33)/t13-,14+,19-/m1/s1. The Kier molecular flexibility index (Phi) is 5.24. The summed E-state index contributed by atoms with van der Waals surface area (Å²) < 4.78 is 6.00. The minimum Gasteiger partial charge on any atom is -0.372 e. The van der Waals surface area contributed by atoms with Gasteiger partial charge in [0.05, 0.1) is 18.2 Å². The molecule has 0 radical (unpaired) electrons. The number of para-hydroxylation sites is 1. The monoisotopic (exact) mass is 463 g/mol. The van der Waals surface area contributed by atoms with Gasteiger partial charge in [-0.25, -0.2) is 9.59 Å². The minimum absolute atomic E-state index is 0.0619. The number of benzene rings is 2. The van der Waals surface area contributed by atoms with Crippen LogP contribution in [0.4, 0.5) is 26.7 Å². The zero-order chi connectivity index (χ0) is 24.0. The number of carbonyl (C=O) groups is 4. The summed E-state index contributed by atoms with van der Waals surface area (Å²) in [4.78, 5) is 52.7. The van der Waals surface area contributed by atoms with Crippen LogP contribution in [0.1, 0.15) is 19.4 Å². The van der Waals surface area contributed by atoms with Gasteiger partial charge in [-0.15, -0.1) is 0 Å². The average molecular weight is 463 g/mol. The highest BCUT2D eigenvalue weighted by atomic mass is 16.5. The first-order valence-electron chi connectivity index (χ1n) is 11.1. The van der Waals surface area contributed by atoms with Crippen molar-refractivity contribution in [2.75, 3.05) is 22.1 Å². The highest BCUT2D eigenvalue weighted by Crippen LogP contribution is 2.47. The normalized spacial score (nSPS) is 25.1. The number of ether oxygens (including phenoxy) is 1. The third-order valence-corrected chi connectivity index (χ3v) is 6.60. The van der Waals surface area contributed by atoms with E-state index in [0.717, 1.165) is 11.3 Å². The van der Waals surface area contributed by atoms with Crippen LogP contribution in [0.2, 0.25) is 0 Å². The fourth-order valence-corrected chi connectivity index (χ4v) is 5.34. The molecular formula is C24H25N5O5. The van der Waals surface area contributed by atoms with Gasteiger partial charge in [-0.1, -0.05) is 18.2 Å². The summed E-state index contributed by atoms with van der Waals surface area (Å²) in [5.41, 5.74) is 1.20. The van der Waals surface area contributed by atoms with E-state index in [1.807, 2.05) is 43.0 Å². The van der Waals surface area contributed by atoms with Crippen LogP contribution in [0.3, 0.4) is 0 Å². The van der Waals surface area contributed by atoms with Crippen LogP contribution in [0.5, 0.6) is 0 Å². The molecule has 4 N–H and O–H groups in total. The molecule has 0 aromatic heterocycles. The van der Waals surface area contributed by atoms with Crippen LogP contribution < -0.4 is 26.2 Å². The van der Waals surface area contributed by atoms with Gasteiger partial charge in [0.25, 0.3) is 0 Å². The van der Waals surface area contributed by atoms with E-state index in [9.17, 15) is 19.2 Å². The summed E-state index contributed by atoms with van der Waals surface area (Å²) >= 11 is 0. The highest BCUT2D eigenvalue weighted by Gasteiger charge is 2.62.